The van der Waals surface area contributed by atoms with E-state index >= 15 is 0 Å². The Morgan fingerprint density at radius 1 is 1.09 bits per heavy atom. The third kappa shape index (κ3) is 7.35. The molecule has 2 aliphatic rings. The molecule has 1 N–H and O–H groups in total. The van der Waals surface area contributed by atoms with Crippen molar-refractivity contribution >= 4 is 62.8 Å². The van der Waals surface area contributed by atoms with Crippen LogP contribution in [0.5, 0.6) is 11.5 Å². The molecular formula is C34H33BrCl2N4O4S. The Balaban J connectivity index is 1.35. The summed E-state index contributed by atoms with van der Waals surface area (Å²) in [6.07, 6.45) is 4.91. The van der Waals surface area contributed by atoms with E-state index in [1.165, 1.54) is 17.3 Å². The average molecular weight is 745 g/mol. The number of allylic oxidation sites excluding steroid dienone is 1. The molecule has 1 unspecified atom stereocenters. The van der Waals surface area contributed by atoms with Crippen molar-refractivity contribution in [2.24, 2.45) is 0 Å². The van der Waals surface area contributed by atoms with Crippen molar-refractivity contribution in [3.05, 3.63) is 103 Å². The zero-order valence-electron chi connectivity index (χ0n) is 25.4. The molecule has 6 rings (SSSR count). The summed E-state index contributed by atoms with van der Waals surface area (Å²) in [7, 11) is 1.58. The number of hydrogen-bond acceptors (Lipinski definition) is 8. The van der Waals surface area contributed by atoms with Crippen LogP contribution in [0.4, 0.5) is 5.95 Å². The molecule has 8 nitrogen and oxygen atoms in total. The van der Waals surface area contributed by atoms with Crippen molar-refractivity contribution in [2.45, 2.75) is 68.7 Å². The maximum atomic E-state index is 13.9. The lowest BCUT2D eigenvalue weighted by Gasteiger charge is -2.30. The molecule has 4 aromatic rings. The lowest BCUT2D eigenvalue weighted by molar-refractivity contribution is -0.146. The first-order valence-corrected chi connectivity index (χ1v) is 17.6. The lowest BCUT2D eigenvalue weighted by Crippen LogP contribution is -2.32. The molecule has 1 fully saturated rings. The van der Waals surface area contributed by atoms with E-state index in [0.717, 1.165) is 43.2 Å². The molecule has 0 radical (unpaired) electrons. The molecule has 0 bridgehead atoms. The number of rotatable bonds is 10. The van der Waals surface area contributed by atoms with Crippen molar-refractivity contribution < 1.29 is 19.0 Å². The standard InChI is InChI=1S/C34H33BrCl2N4O4S/c1-20-29(32(42)45-25-11-7-4-8-12-25)30(41-33(38-20)39-34(40-41)46-19-21-9-5-3-6-10-21)23-15-26(35)31(28(16-23)43-2)44-18-22-13-14-24(36)17-27(22)37/h3,5-6,9-10,13-17,25,30H,4,7-8,11-12,18-19H2,1-2H3,(H,38,39,40). The Labute approximate surface area is 290 Å². The number of thioether (sulfide) groups is 1. The Morgan fingerprint density at radius 3 is 2.61 bits per heavy atom. The van der Waals surface area contributed by atoms with E-state index < -0.39 is 6.04 Å². The quantitative estimate of drug-likeness (QED) is 0.127. The van der Waals surface area contributed by atoms with E-state index in [4.69, 9.17) is 47.5 Å². The van der Waals surface area contributed by atoms with Gasteiger partial charge in [-0.05, 0) is 83.9 Å². The van der Waals surface area contributed by atoms with E-state index in [1.54, 1.807) is 23.9 Å². The molecule has 46 heavy (non-hydrogen) atoms. The first-order valence-electron chi connectivity index (χ1n) is 15.1. The van der Waals surface area contributed by atoms with E-state index in [1.807, 2.05) is 43.3 Å². The van der Waals surface area contributed by atoms with Gasteiger partial charge in [0.15, 0.2) is 11.5 Å². The van der Waals surface area contributed by atoms with Crippen LogP contribution in [0.1, 0.15) is 61.8 Å². The number of fused-ring (bicyclic) bond motifs is 1. The monoisotopic (exact) mass is 742 g/mol. The predicted molar refractivity (Wildman–Crippen MR) is 185 cm³/mol. The summed E-state index contributed by atoms with van der Waals surface area (Å²) < 4.78 is 20.5. The zero-order chi connectivity index (χ0) is 32.2. The summed E-state index contributed by atoms with van der Waals surface area (Å²) in [5, 5.41) is 9.86. The maximum absolute atomic E-state index is 13.9. The second-order valence-electron chi connectivity index (χ2n) is 11.2. The first-order chi connectivity index (χ1) is 22.3. The Kier molecular flexibility index (Phi) is 10.5. The van der Waals surface area contributed by atoms with Crippen LogP contribution < -0.4 is 14.8 Å². The van der Waals surface area contributed by atoms with Gasteiger partial charge in [0, 0.05) is 27.1 Å². The van der Waals surface area contributed by atoms with E-state index in [2.05, 4.69) is 33.4 Å². The molecule has 0 spiro atoms. The van der Waals surface area contributed by atoms with Gasteiger partial charge in [-0.1, -0.05) is 77.8 Å². The Bertz CT molecular complexity index is 1760. The summed E-state index contributed by atoms with van der Waals surface area (Å²) in [6.45, 7) is 2.07. The Morgan fingerprint density at radius 2 is 1.87 bits per heavy atom. The van der Waals surface area contributed by atoms with Gasteiger partial charge in [-0.25, -0.2) is 9.48 Å². The Hall–Kier alpha value is -3.18. The van der Waals surface area contributed by atoms with Gasteiger partial charge in [0.2, 0.25) is 11.1 Å². The number of aromatic nitrogens is 3. The first kappa shape index (κ1) is 32.7. The minimum absolute atomic E-state index is 0.104. The fourth-order valence-corrected chi connectivity index (χ4v) is 7.53. The number of esters is 1. The molecule has 1 aliphatic carbocycles. The highest BCUT2D eigenvalue weighted by Gasteiger charge is 2.37. The number of anilines is 1. The highest BCUT2D eigenvalue weighted by Crippen LogP contribution is 2.44. The largest absolute Gasteiger partial charge is 0.493 e. The number of carbonyl (C=O) groups excluding carboxylic acids is 1. The van der Waals surface area contributed by atoms with Crippen molar-refractivity contribution in [3.63, 3.8) is 0 Å². The van der Waals surface area contributed by atoms with Gasteiger partial charge in [-0.3, -0.25) is 0 Å². The van der Waals surface area contributed by atoms with Gasteiger partial charge in [-0.15, -0.1) is 5.10 Å². The molecule has 1 aliphatic heterocycles. The number of ether oxygens (including phenoxy) is 3. The number of nitrogens with zero attached hydrogens (tertiary/aromatic N) is 3. The van der Waals surface area contributed by atoms with Crippen molar-refractivity contribution in [1.82, 2.24) is 14.8 Å². The second-order valence-corrected chi connectivity index (χ2v) is 13.9. The van der Waals surface area contributed by atoms with Gasteiger partial charge < -0.3 is 19.5 Å². The van der Waals surface area contributed by atoms with Crippen LogP contribution >= 0.6 is 50.9 Å². The van der Waals surface area contributed by atoms with Crippen LogP contribution in [0.3, 0.4) is 0 Å². The third-order valence-corrected chi connectivity index (χ3v) is 10.1. The average Bonchev–Trinajstić information content (AvgIpc) is 3.46. The fourth-order valence-electron chi connectivity index (χ4n) is 5.71. The second kappa shape index (κ2) is 14.7. The normalized spacial score (nSPS) is 16.5. The summed E-state index contributed by atoms with van der Waals surface area (Å²) in [6, 6.07) is 18.6. The third-order valence-electron chi connectivity index (χ3n) is 8.04. The molecule has 0 amide bonds. The molecule has 240 valence electrons. The lowest BCUT2D eigenvalue weighted by atomic mass is 9.94. The van der Waals surface area contributed by atoms with Crippen LogP contribution in [0.25, 0.3) is 0 Å². The molecule has 0 saturated heterocycles. The number of nitrogens with one attached hydrogen (secondary N) is 1. The summed E-state index contributed by atoms with van der Waals surface area (Å²) in [4.78, 5) is 18.7. The van der Waals surface area contributed by atoms with Crippen LogP contribution in [0.2, 0.25) is 10.0 Å². The van der Waals surface area contributed by atoms with Gasteiger partial charge >= 0.3 is 5.97 Å². The number of benzene rings is 3. The molecule has 1 saturated carbocycles. The predicted octanol–water partition coefficient (Wildman–Crippen LogP) is 9.39. The number of halogens is 3. The SMILES string of the molecule is COc1cc(C2C(C(=O)OC3CCCCC3)=C(C)Nc3nc(SCc4ccccc4)nn32)cc(Br)c1OCc1ccc(Cl)cc1Cl. The summed E-state index contributed by atoms with van der Waals surface area (Å²) in [5.41, 5.74) is 3.83. The molecule has 1 aromatic heterocycles. The maximum Gasteiger partial charge on any atom is 0.338 e. The van der Waals surface area contributed by atoms with E-state index in [9.17, 15) is 4.79 Å². The van der Waals surface area contributed by atoms with Crippen LogP contribution in [-0.4, -0.2) is 33.9 Å². The van der Waals surface area contributed by atoms with Crippen molar-refractivity contribution in [2.75, 3.05) is 12.4 Å². The number of hydrogen-bond donors (Lipinski definition) is 1. The van der Waals surface area contributed by atoms with Gasteiger partial charge in [0.25, 0.3) is 0 Å². The van der Waals surface area contributed by atoms with E-state index in [-0.39, 0.29) is 18.7 Å². The van der Waals surface area contributed by atoms with Gasteiger partial charge in [0.05, 0.1) is 17.2 Å². The minimum atomic E-state index is -0.629. The van der Waals surface area contributed by atoms with Crippen molar-refractivity contribution in [3.8, 4) is 11.5 Å². The minimum Gasteiger partial charge on any atom is -0.493 e. The fraction of sp³-hybridized carbons (Fsp3) is 0.324. The molecule has 1 atom stereocenters. The highest BCUT2D eigenvalue weighted by atomic mass is 79.9. The summed E-state index contributed by atoms with van der Waals surface area (Å²) in [5.74, 6) is 1.86. The zero-order valence-corrected chi connectivity index (χ0v) is 29.3. The van der Waals surface area contributed by atoms with Gasteiger partial charge in [-0.2, -0.15) is 4.98 Å². The molecule has 3 aromatic carbocycles. The number of carbonyl (C=O) groups is 1. The van der Waals surface area contributed by atoms with Gasteiger partial charge in [0.1, 0.15) is 18.8 Å². The molecule has 2 heterocycles. The number of methoxy groups -OCH3 is 1. The van der Waals surface area contributed by atoms with Crippen LogP contribution in [0.15, 0.2) is 81.6 Å². The van der Waals surface area contributed by atoms with E-state index in [0.29, 0.717) is 54.1 Å². The highest BCUT2D eigenvalue weighted by molar-refractivity contribution is 9.10. The molecular weight excluding hydrogens is 711 g/mol. The molecule has 12 heteroatoms. The van der Waals surface area contributed by atoms with Crippen molar-refractivity contribution in [1.29, 1.82) is 0 Å². The summed E-state index contributed by atoms with van der Waals surface area (Å²) >= 11 is 17.7. The smallest absolute Gasteiger partial charge is 0.338 e. The van der Waals surface area contributed by atoms with Crippen LogP contribution in [-0.2, 0) is 21.9 Å². The topological polar surface area (TPSA) is 87.5 Å². The van der Waals surface area contributed by atoms with Crippen LogP contribution in [0, 0.1) is 0 Å².